The van der Waals surface area contributed by atoms with Crippen LogP contribution >= 0.6 is 0 Å². The molecule has 0 radical (unpaired) electrons. The molecule has 4 heteroatoms. The van der Waals surface area contributed by atoms with Crippen LogP contribution in [0.5, 0.6) is 5.75 Å². The van der Waals surface area contributed by atoms with Gasteiger partial charge < -0.3 is 9.47 Å². The van der Waals surface area contributed by atoms with Crippen LogP contribution < -0.4 is 4.74 Å². The van der Waals surface area contributed by atoms with Gasteiger partial charge in [-0.1, -0.05) is 30.3 Å². The zero-order valence-corrected chi connectivity index (χ0v) is 16.3. The van der Waals surface area contributed by atoms with Gasteiger partial charge in [-0.3, -0.25) is 9.80 Å². The molecule has 0 unspecified atom stereocenters. The van der Waals surface area contributed by atoms with Crippen molar-refractivity contribution in [1.29, 1.82) is 0 Å². The predicted molar refractivity (Wildman–Crippen MR) is 108 cm³/mol. The van der Waals surface area contributed by atoms with Gasteiger partial charge in [0.25, 0.3) is 0 Å². The lowest BCUT2D eigenvalue weighted by atomic mass is 10.0. The second kappa shape index (κ2) is 8.87. The van der Waals surface area contributed by atoms with Crippen molar-refractivity contribution < 1.29 is 9.47 Å². The summed E-state index contributed by atoms with van der Waals surface area (Å²) >= 11 is 0. The van der Waals surface area contributed by atoms with E-state index in [0.717, 1.165) is 71.1 Å². The first-order chi connectivity index (χ1) is 13.3. The molecule has 0 spiro atoms. The van der Waals surface area contributed by atoms with E-state index in [1.165, 1.54) is 22.3 Å². The van der Waals surface area contributed by atoms with E-state index in [2.05, 4.69) is 52.3 Å². The first-order valence-corrected chi connectivity index (χ1v) is 10.1. The lowest BCUT2D eigenvalue weighted by Crippen LogP contribution is -2.35. The fraction of sp³-hybridized carbons (Fsp3) is 0.478. The van der Waals surface area contributed by atoms with Gasteiger partial charge in [-0.15, -0.1) is 0 Å². The fourth-order valence-corrected chi connectivity index (χ4v) is 4.13. The van der Waals surface area contributed by atoms with Crippen molar-refractivity contribution in [3.05, 3.63) is 64.7 Å². The molecule has 0 saturated carbocycles. The molecule has 2 aromatic rings. The highest BCUT2D eigenvalue weighted by molar-refractivity contribution is 5.37. The van der Waals surface area contributed by atoms with Crippen LogP contribution in [-0.4, -0.2) is 56.3 Å². The zero-order valence-electron chi connectivity index (χ0n) is 16.3. The molecule has 144 valence electrons. The van der Waals surface area contributed by atoms with Crippen molar-refractivity contribution in [2.24, 2.45) is 0 Å². The molecule has 0 aromatic heterocycles. The highest BCUT2D eigenvalue weighted by Gasteiger charge is 2.15. The molecule has 4 rings (SSSR count). The standard InChI is InChI=1S/C23H30N2O2/c1-26-23-6-5-21-7-9-24(10-8-22(21)16-23)17-19-3-2-4-20(15-19)18-25-11-13-27-14-12-25/h2-6,15-16H,7-14,17-18H2,1H3. The van der Waals surface area contributed by atoms with Crippen LogP contribution in [0.4, 0.5) is 0 Å². The normalized spacial score (nSPS) is 18.7. The summed E-state index contributed by atoms with van der Waals surface area (Å²) in [5.41, 5.74) is 5.75. The molecule has 0 N–H and O–H groups in total. The van der Waals surface area contributed by atoms with E-state index < -0.39 is 0 Å². The van der Waals surface area contributed by atoms with Gasteiger partial charge >= 0.3 is 0 Å². The first kappa shape index (κ1) is 18.5. The van der Waals surface area contributed by atoms with E-state index in [0.29, 0.717) is 0 Å². The summed E-state index contributed by atoms with van der Waals surface area (Å²) in [7, 11) is 1.74. The van der Waals surface area contributed by atoms with Gasteiger partial charge in [-0.05, 0) is 47.2 Å². The minimum atomic E-state index is 0.860. The third-order valence-electron chi connectivity index (χ3n) is 5.72. The Hall–Kier alpha value is -1.88. The molecule has 4 nitrogen and oxygen atoms in total. The quantitative estimate of drug-likeness (QED) is 0.812. The second-order valence-electron chi connectivity index (χ2n) is 7.62. The summed E-state index contributed by atoms with van der Waals surface area (Å²) in [4.78, 5) is 5.07. The Morgan fingerprint density at radius 2 is 1.48 bits per heavy atom. The molecular formula is C23H30N2O2. The first-order valence-electron chi connectivity index (χ1n) is 10.1. The molecule has 1 saturated heterocycles. The Kier molecular flexibility index (Phi) is 6.07. The van der Waals surface area contributed by atoms with Gasteiger partial charge in [0.1, 0.15) is 5.75 Å². The van der Waals surface area contributed by atoms with Crippen LogP contribution in [-0.2, 0) is 30.7 Å². The average molecular weight is 367 g/mol. The number of morpholine rings is 1. The second-order valence-corrected chi connectivity index (χ2v) is 7.62. The Labute approximate surface area is 162 Å². The number of methoxy groups -OCH3 is 1. The Balaban J connectivity index is 1.37. The van der Waals surface area contributed by atoms with E-state index in [-0.39, 0.29) is 0 Å². The van der Waals surface area contributed by atoms with Crippen LogP contribution in [0.15, 0.2) is 42.5 Å². The molecule has 2 aliphatic rings. The minimum Gasteiger partial charge on any atom is -0.497 e. The molecular weight excluding hydrogens is 336 g/mol. The van der Waals surface area contributed by atoms with Gasteiger partial charge in [-0.25, -0.2) is 0 Å². The molecule has 0 amide bonds. The number of hydrogen-bond acceptors (Lipinski definition) is 4. The lowest BCUT2D eigenvalue weighted by molar-refractivity contribution is 0.0342. The molecule has 2 heterocycles. The van der Waals surface area contributed by atoms with Crippen molar-refractivity contribution in [2.75, 3.05) is 46.5 Å². The van der Waals surface area contributed by atoms with Crippen LogP contribution in [0.3, 0.4) is 0 Å². The van der Waals surface area contributed by atoms with E-state index in [4.69, 9.17) is 9.47 Å². The smallest absolute Gasteiger partial charge is 0.119 e. The van der Waals surface area contributed by atoms with E-state index in [1.807, 2.05) is 0 Å². The largest absolute Gasteiger partial charge is 0.497 e. The summed E-state index contributed by atoms with van der Waals surface area (Å²) in [6, 6.07) is 15.7. The maximum Gasteiger partial charge on any atom is 0.119 e. The van der Waals surface area contributed by atoms with Gasteiger partial charge in [-0.2, -0.15) is 0 Å². The van der Waals surface area contributed by atoms with Crippen molar-refractivity contribution in [3.63, 3.8) is 0 Å². The van der Waals surface area contributed by atoms with Gasteiger partial charge in [0.05, 0.1) is 20.3 Å². The summed E-state index contributed by atoms with van der Waals surface area (Å²) in [6.45, 7) is 8.08. The maximum absolute atomic E-state index is 5.46. The van der Waals surface area contributed by atoms with Gasteiger partial charge in [0.2, 0.25) is 0 Å². The highest BCUT2D eigenvalue weighted by atomic mass is 16.5. The predicted octanol–water partition coefficient (Wildman–Crippen LogP) is 3.13. The van der Waals surface area contributed by atoms with Crippen LogP contribution in [0.25, 0.3) is 0 Å². The van der Waals surface area contributed by atoms with Gasteiger partial charge in [0.15, 0.2) is 0 Å². The number of hydrogen-bond donors (Lipinski definition) is 0. The van der Waals surface area contributed by atoms with Crippen molar-refractivity contribution in [2.45, 2.75) is 25.9 Å². The molecule has 1 fully saturated rings. The van der Waals surface area contributed by atoms with Crippen molar-refractivity contribution in [3.8, 4) is 5.75 Å². The van der Waals surface area contributed by atoms with E-state index >= 15 is 0 Å². The lowest BCUT2D eigenvalue weighted by Gasteiger charge is -2.27. The summed E-state index contributed by atoms with van der Waals surface area (Å²) in [6.07, 6.45) is 2.22. The summed E-state index contributed by atoms with van der Waals surface area (Å²) in [5, 5.41) is 0. The molecule has 27 heavy (non-hydrogen) atoms. The molecule has 2 aliphatic heterocycles. The van der Waals surface area contributed by atoms with Crippen LogP contribution in [0, 0.1) is 0 Å². The zero-order chi connectivity index (χ0) is 18.5. The topological polar surface area (TPSA) is 24.9 Å². The van der Waals surface area contributed by atoms with Crippen LogP contribution in [0.2, 0.25) is 0 Å². The number of rotatable bonds is 5. The Morgan fingerprint density at radius 1 is 0.815 bits per heavy atom. The van der Waals surface area contributed by atoms with Gasteiger partial charge in [0, 0.05) is 39.3 Å². The number of benzene rings is 2. The summed E-state index contributed by atoms with van der Waals surface area (Å²) in [5.74, 6) is 0.970. The van der Waals surface area contributed by atoms with Crippen LogP contribution in [0.1, 0.15) is 22.3 Å². The number of ether oxygens (including phenoxy) is 2. The molecule has 0 aliphatic carbocycles. The third kappa shape index (κ3) is 4.89. The monoisotopic (exact) mass is 366 g/mol. The summed E-state index contributed by atoms with van der Waals surface area (Å²) < 4.78 is 10.9. The fourth-order valence-electron chi connectivity index (χ4n) is 4.13. The molecule has 0 bridgehead atoms. The number of fused-ring (bicyclic) bond motifs is 1. The maximum atomic E-state index is 5.46. The highest BCUT2D eigenvalue weighted by Crippen LogP contribution is 2.22. The van der Waals surface area contributed by atoms with E-state index in [9.17, 15) is 0 Å². The van der Waals surface area contributed by atoms with Crippen molar-refractivity contribution >= 4 is 0 Å². The number of nitrogens with zero attached hydrogens (tertiary/aromatic N) is 2. The van der Waals surface area contributed by atoms with Crippen molar-refractivity contribution in [1.82, 2.24) is 9.80 Å². The SMILES string of the molecule is COc1ccc2c(c1)CCN(Cc1cccc(CN3CCOCC3)c1)CC2. The average Bonchev–Trinajstić information content (AvgIpc) is 2.91. The molecule has 0 atom stereocenters. The van der Waals surface area contributed by atoms with E-state index in [1.54, 1.807) is 7.11 Å². The minimum absolute atomic E-state index is 0.860. The Morgan fingerprint density at radius 3 is 2.19 bits per heavy atom. The third-order valence-corrected chi connectivity index (χ3v) is 5.72. The molecule has 2 aromatic carbocycles. The Bertz CT molecular complexity index is 756.